The molecule has 0 nitrogen and oxygen atoms in total. The predicted molar refractivity (Wildman–Crippen MR) is 59.2 cm³/mol. The molecule has 0 bridgehead atoms. The SMILES string of the molecule is C=CCCc1c(C)cc(C)cc1C. The molecule has 0 aliphatic heterocycles. The number of hydrogen-bond acceptors (Lipinski definition) is 0. The molecular weight excluding hydrogens is 156 g/mol. The molecule has 0 saturated heterocycles. The van der Waals surface area contributed by atoms with Crippen molar-refractivity contribution < 1.29 is 0 Å². The Bertz CT molecular complexity index is 285. The first-order valence-electron chi connectivity index (χ1n) is 4.82. The molecule has 0 saturated carbocycles. The lowest BCUT2D eigenvalue weighted by atomic mass is 9.96. The lowest BCUT2D eigenvalue weighted by molar-refractivity contribution is 0.972. The maximum Gasteiger partial charge on any atom is -0.0239 e. The highest BCUT2D eigenvalue weighted by Gasteiger charge is 2.01. The van der Waals surface area contributed by atoms with E-state index < -0.39 is 0 Å². The third-order valence-corrected chi connectivity index (χ3v) is 2.44. The van der Waals surface area contributed by atoms with E-state index in [4.69, 9.17) is 0 Å². The molecule has 0 heterocycles. The quantitative estimate of drug-likeness (QED) is 0.612. The van der Waals surface area contributed by atoms with Crippen molar-refractivity contribution in [1.82, 2.24) is 0 Å². The number of benzene rings is 1. The third kappa shape index (κ3) is 2.45. The van der Waals surface area contributed by atoms with Gasteiger partial charge in [-0.3, -0.25) is 0 Å². The van der Waals surface area contributed by atoms with Crippen LogP contribution >= 0.6 is 0 Å². The van der Waals surface area contributed by atoms with Gasteiger partial charge in [-0.05, 0) is 50.3 Å². The van der Waals surface area contributed by atoms with E-state index in [1.807, 2.05) is 6.08 Å². The van der Waals surface area contributed by atoms with Gasteiger partial charge in [0.15, 0.2) is 0 Å². The van der Waals surface area contributed by atoms with Crippen molar-refractivity contribution in [2.24, 2.45) is 0 Å². The minimum absolute atomic E-state index is 1.07. The third-order valence-electron chi connectivity index (χ3n) is 2.44. The maximum absolute atomic E-state index is 3.75. The molecule has 70 valence electrons. The van der Waals surface area contributed by atoms with E-state index in [1.54, 1.807) is 0 Å². The van der Waals surface area contributed by atoms with E-state index in [0.717, 1.165) is 12.8 Å². The van der Waals surface area contributed by atoms with Crippen LogP contribution < -0.4 is 0 Å². The van der Waals surface area contributed by atoms with Crippen LogP contribution in [0.4, 0.5) is 0 Å². The largest absolute Gasteiger partial charge is 0.103 e. The molecule has 0 unspecified atom stereocenters. The average Bonchev–Trinajstić information content (AvgIpc) is 2.02. The summed E-state index contributed by atoms with van der Waals surface area (Å²) >= 11 is 0. The first kappa shape index (κ1) is 10.0. The summed E-state index contributed by atoms with van der Waals surface area (Å²) < 4.78 is 0. The van der Waals surface area contributed by atoms with E-state index in [9.17, 15) is 0 Å². The molecule has 0 radical (unpaired) electrons. The van der Waals surface area contributed by atoms with Crippen LogP contribution in [0.2, 0.25) is 0 Å². The van der Waals surface area contributed by atoms with E-state index in [-0.39, 0.29) is 0 Å². The molecule has 0 aromatic heterocycles. The Morgan fingerprint density at radius 1 is 1.15 bits per heavy atom. The van der Waals surface area contributed by atoms with Gasteiger partial charge in [-0.25, -0.2) is 0 Å². The first-order valence-corrected chi connectivity index (χ1v) is 4.82. The van der Waals surface area contributed by atoms with Crippen molar-refractivity contribution in [2.75, 3.05) is 0 Å². The van der Waals surface area contributed by atoms with E-state index in [2.05, 4.69) is 39.5 Å². The topological polar surface area (TPSA) is 0 Å². The molecule has 0 aliphatic carbocycles. The fraction of sp³-hybridized carbons (Fsp3) is 0.385. The van der Waals surface area contributed by atoms with Crippen molar-refractivity contribution >= 4 is 0 Å². The second kappa shape index (κ2) is 4.27. The Labute approximate surface area is 81.3 Å². The highest BCUT2D eigenvalue weighted by Crippen LogP contribution is 2.17. The minimum atomic E-state index is 1.07. The summed E-state index contributed by atoms with van der Waals surface area (Å²) in [6.45, 7) is 10.3. The van der Waals surface area contributed by atoms with Gasteiger partial charge >= 0.3 is 0 Å². The number of rotatable bonds is 3. The highest BCUT2D eigenvalue weighted by molar-refractivity contribution is 5.37. The van der Waals surface area contributed by atoms with Gasteiger partial charge in [0.25, 0.3) is 0 Å². The maximum atomic E-state index is 3.75. The second-order valence-corrected chi connectivity index (χ2v) is 3.70. The Hall–Kier alpha value is -1.04. The molecule has 0 aliphatic rings. The zero-order valence-corrected chi connectivity index (χ0v) is 8.85. The van der Waals surface area contributed by atoms with E-state index >= 15 is 0 Å². The summed E-state index contributed by atoms with van der Waals surface area (Å²) in [6, 6.07) is 4.51. The van der Waals surface area contributed by atoms with E-state index in [0.29, 0.717) is 0 Å². The van der Waals surface area contributed by atoms with Crippen LogP contribution in [0.1, 0.15) is 28.7 Å². The van der Waals surface area contributed by atoms with Crippen LogP contribution in [0.3, 0.4) is 0 Å². The molecule has 13 heavy (non-hydrogen) atoms. The molecule has 0 amide bonds. The van der Waals surface area contributed by atoms with Crippen LogP contribution in [0, 0.1) is 20.8 Å². The molecule has 1 aromatic carbocycles. The molecule has 1 aromatic rings. The smallest absolute Gasteiger partial charge is 0.0239 e. The summed E-state index contributed by atoms with van der Waals surface area (Å²) in [5.41, 5.74) is 5.68. The lowest BCUT2D eigenvalue weighted by Crippen LogP contribution is -1.94. The average molecular weight is 174 g/mol. The van der Waals surface area contributed by atoms with Crippen LogP contribution in [0.15, 0.2) is 24.8 Å². The Morgan fingerprint density at radius 3 is 2.15 bits per heavy atom. The summed E-state index contributed by atoms with van der Waals surface area (Å²) in [4.78, 5) is 0. The Morgan fingerprint density at radius 2 is 1.69 bits per heavy atom. The Kier molecular flexibility index (Phi) is 3.30. The van der Waals surface area contributed by atoms with Crippen LogP contribution in [0.25, 0.3) is 0 Å². The zero-order chi connectivity index (χ0) is 9.84. The number of allylic oxidation sites excluding steroid dienone is 1. The van der Waals surface area contributed by atoms with Gasteiger partial charge in [0.1, 0.15) is 0 Å². The van der Waals surface area contributed by atoms with Crippen molar-refractivity contribution in [3.63, 3.8) is 0 Å². The summed E-state index contributed by atoms with van der Waals surface area (Å²) in [5, 5.41) is 0. The summed E-state index contributed by atoms with van der Waals surface area (Å²) in [7, 11) is 0. The molecule has 0 fully saturated rings. The van der Waals surface area contributed by atoms with Gasteiger partial charge in [0, 0.05) is 0 Å². The van der Waals surface area contributed by atoms with Crippen molar-refractivity contribution in [3.05, 3.63) is 47.0 Å². The number of aryl methyl sites for hydroxylation is 3. The van der Waals surface area contributed by atoms with Crippen molar-refractivity contribution in [2.45, 2.75) is 33.6 Å². The van der Waals surface area contributed by atoms with Crippen molar-refractivity contribution in [3.8, 4) is 0 Å². The van der Waals surface area contributed by atoms with Gasteiger partial charge in [-0.2, -0.15) is 0 Å². The standard InChI is InChI=1S/C13H18/c1-5-6-7-13-11(3)8-10(2)9-12(13)4/h5,8-9H,1,6-7H2,2-4H3. The molecule has 0 N–H and O–H groups in total. The van der Waals surface area contributed by atoms with E-state index in [1.165, 1.54) is 22.3 Å². The summed E-state index contributed by atoms with van der Waals surface area (Å²) in [5.74, 6) is 0. The molecule has 0 heteroatoms. The predicted octanol–water partition coefficient (Wildman–Crippen LogP) is 3.73. The van der Waals surface area contributed by atoms with Crippen LogP contribution in [-0.2, 0) is 6.42 Å². The Balaban J connectivity index is 2.98. The van der Waals surface area contributed by atoms with Crippen molar-refractivity contribution in [1.29, 1.82) is 0 Å². The zero-order valence-electron chi connectivity index (χ0n) is 8.85. The van der Waals surface area contributed by atoms with Crippen LogP contribution in [0.5, 0.6) is 0 Å². The molecule has 0 spiro atoms. The van der Waals surface area contributed by atoms with Gasteiger partial charge in [0.05, 0.1) is 0 Å². The first-order chi connectivity index (χ1) is 6.15. The van der Waals surface area contributed by atoms with Gasteiger partial charge in [-0.15, -0.1) is 6.58 Å². The van der Waals surface area contributed by atoms with Gasteiger partial charge < -0.3 is 0 Å². The highest BCUT2D eigenvalue weighted by atomic mass is 14.1. The fourth-order valence-electron chi connectivity index (χ4n) is 1.85. The molecular formula is C13H18. The molecule has 1 rings (SSSR count). The molecule has 0 atom stereocenters. The summed E-state index contributed by atoms with van der Waals surface area (Å²) in [6.07, 6.45) is 4.19. The monoisotopic (exact) mass is 174 g/mol. The van der Waals surface area contributed by atoms with Gasteiger partial charge in [-0.1, -0.05) is 23.8 Å². The fourth-order valence-corrected chi connectivity index (χ4v) is 1.85. The second-order valence-electron chi connectivity index (χ2n) is 3.70. The number of hydrogen-bond donors (Lipinski definition) is 0. The lowest BCUT2D eigenvalue weighted by Gasteiger charge is -2.09. The normalized spacial score (nSPS) is 10.1. The van der Waals surface area contributed by atoms with Gasteiger partial charge in [0.2, 0.25) is 0 Å². The van der Waals surface area contributed by atoms with Crippen LogP contribution in [-0.4, -0.2) is 0 Å². The minimum Gasteiger partial charge on any atom is -0.103 e.